The summed E-state index contributed by atoms with van der Waals surface area (Å²) >= 11 is 0. The summed E-state index contributed by atoms with van der Waals surface area (Å²) in [6.07, 6.45) is 5.41. The first kappa shape index (κ1) is 34.4. The van der Waals surface area contributed by atoms with Crippen LogP contribution in [0.4, 0.5) is 0 Å². The van der Waals surface area contributed by atoms with Gasteiger partial charge in [0.2, 0.25) is 11.8 Å². The zero-order valence-corrected chi connectivity index (χ0v) is 29.0. The molecule has 0 bridgehead atoms. The molecule has 1 saturated carbocycles. The van der Waals surface area contributed by atoms with E-state index in [-0.39, 0.29) is 24.8 Å². The molecular formula is C40H49N5O5. The highest BCUT2D eigenvalue weighted by atomic mass is 16.3. The summed E-state index contributed by atoms with van der Waals surface area (Å²) in [5.74, 6) is 0.597. The van der Waals surface area contributed by atoms with Gasteiger partial charge in [-0.3, -0.25) is 24.4 Å². The van der Waals surface area contributed by atoms with Crippen molar-refractivity contribution in [3.63, 3.8) is 0 Å². The molecule has 4 N–H and O–H groups in total. The monoisotopic (exact) mass is 679 g/mol. The first-order valence-electron chi connectivity index (χ1n) is 18.0. The normalized spacial score (nSPS) is 22.6. The summed E-state index contributed by atoms with van der Waals surface area (Å²) in [4.78, 5) is 36.3. The number of pyridine rings is 1. The predicted octanol–water partition coefficient (Wildman–Crippen LogP) is 3.96. The number of nitrogens with one attached hydrogen (secondary N) is 2. The van der Waals surface area contributed by atoms with Crippen LogP contribution in [-0.2, 0) is 28.0 Å². The second-order valence-corrected chi connectivity index (χ2v) is 15.0. The fourth-order valence-corrected chi connectivity index (χ4v) is 7.70. The van der Waals surface area contributed by atoms with Crippen LogP contribution in [0.5, 0.6) is 0 Å². The Labute approximate surface area is 293 Å². The van der Waals surface area contributed by atoms with Crippen molar-refractivity contribution in [1.29, 1.82) is 0 Å². The van der Waals surface area contributed by atoms with Gasteiger partial charge in [-0.05, 0) is 74.3 Å². The topological polar surface area (TPSA) is 131 Å². The highest BCUT2D eigenvalue weighted by molar-refractivity contribution is 5.82. The second kappa shape index (κ2) is 14.6. The van der Waals surface area contributed by atoms with Gasteiger partial charge >= 0.3 is 0 Å². The summed E-state index contributed by atoms with van der Waals surface area (Å²) in [5, 5.41) is 29.8. The van der Waals surface area contributed by atoms with E-state index in [1.165, 1.54) is 0 Å². The number of aromatic nitrogens is 1. The average Bonchev–Trinajstić information content (AvgIpc) is 3.75. The van der Waals surface area contributed by atoms with Crippen molar-refractivity contribution >= 4 is 22.8 Å². The number of aliphatic hydroxyl groups is 2. The van der Waals surface area contributed by atoms with Crippen LogP contribution in [0, 0.1) is 11.8 Å². The van der Waals surface area contributed by atoms with Crippen LogP contribution in [-0.4, -0.2) is 87.8 Å². The number of piperazine rings is 1. The fraction of sp³-hybridized carbons (Fsp3) is 0.475. The standard InChI is InChI=1S/C40H49N5O5/c1-40(2,36-21-30-23-41-15-14-35(30)50-36)45-17-16-44(33(25-45)39(49)42-22-27-12-13-27)24-31(46)19-29(18-26-8-4-3-5-9-26)38(48)43-37-32-11-7-6-10-28(32)20-34(37)47/h3-11,14-15,21,23,27,29,31,33-34,37,46-47H,12-13,16-20,22,24-25H2,1-2H3,(H,42,49)(H,43,48)/t29-,31+,33+,34-,37+/m1/s1. The summed E-state index contributed by atoms with van der Waals surface area (Å²) in [6, 6.07) is 20.6. The molecule has 10 nitrogen and oxygen atoms in total. The lowest BCUT2D eigenvalue weighted by Gasteiger charge is -2.47. The smallest absolute Gasteiger partial charge is 0.238 e. The summed E-state index contributed by atoms with van der Waals surface area (Å²) in [6.45, 7) is 6.89. The molecule has 2 aliphatic carbocycles. The molecule has 0 unspecified atom stereocenters. The van der Waals surface area contributed by atoms with E-state index in [4.69, 9.17) is 4.42 Å². The molecule has 0 spiro atoms. The number of aliphatic hydroxyl groups excluding tert-OH is 2. The maximum absolute atomic E-state index is 13.9. The van der Waals surface area contributed by atoms with Crippen LogP contribution in [0.15, 0.2) is 83.5 Å². The summed E-state index contributed by atoms with van der Waals surface area (Å²) in [7, 11) is 0. The zero-order chi connectivity index (χ0) is 34.8. The number of benzene rings is 2. The summed E-state index contributed by atoms with van der Waals surface area (Å²) < 4.78 is 6.26. The first-order valence-corrected chi connectivity index (χ1v) is 18.0. The number of β-amino-alcohol motifs (C(OH)–C–C–N with tert-alkyl or cyclic N) is 1. The maximum Gasteiger partial charge on any atom is 0.238 e. The Morgan fingerprint density at radius 1 is 1.06 bits per heavy atom. The van der Waals surface area contributed by atoms with Gasteiger partial charge in [0, 0.05) is 62.8 Å². The second-order valence-electron chi connectivity index (χ2n) is 15.0. The van der Waals surface area contributed by atoms with Crippen molar-refractivity contribution in [3.05, 3.63) is 102 Å². The third-order valence-electron chi connectivity index (χ3n) is 11.0. The van der Waals surface area contributed by atoms with Crippen molar-refractivity contribution < 1.29 is 24.2 Å². The minimum atomic E-state index is -0.851. The Morgan fingerprint density at radius 2 is 1.84 bits per heavy atom. The Hall–Kier alpha value is -4.09. The highest BCUT2D eigenvalue weighted by Crippen LogP contribution is 2.35. The van der Waals surface area contributed by atoms with Crippen molar-refractivity contribution in [1.82, 2.24) is 25.4 Å². The van der Waals surface area contributed by atoms with E-state index in [1.807, 2.05) is 66.7 Å². The Kier molecular flexibility index (Phi) is 10.1. The molecule has 264 valence electrons. The third kappa shape index (κ3) is 7.63. The van der Waals surface area contributed by atoms with Crippen LogP contribution >= 0.6 is 0 Å². The lowest BCUT2D eigenvalue weighted by atomic mass is 9.91. The molecule has 5 atom stereocenters. The van der Waals surface area contributed by atoms with Crippen molar-refractivity contribution in [3.8, 4) is 0 Å². The summed E-state index contributed by atoms with van der Waals surface area (Å²) in [5.41, 5.74) is 3.27. The van der Waals surface area contributed by atoms with Gasteiger partial charge in [-0.25, -0.2) is 0 Å². The molecule has 2 fully saturated rings. The van der Waals surface area contributed by atoms with Gasteiger partial charge in [0.1, 0.15) is 17.4 Å². The third-order valence-corrected chi connectivity index (χ3v) is 11.0. The zero-order valence-electron chi connectivity index (χ0n) is 29.0. The van der Waals surface area contributed by atoms with Crippen LogP contribution < -0.4 is 10.6 Å². The Balaban J connectivity index is 1.06. The van der Waals surface area contributed by atoms with E-state index in [9.17, 15) is 19.8 Å². The number of amides is 2. The minimum Gasteiger partial charge on any atom is -0.459 e. The number of nitrogens with zero attached hydrogens (tertiary/aromatic N) is 3. The molecule has 2 amide bonds. The molecule has 1 saturated heterocycles. The van der Waals surface area contributed by atoms with E-state index in [0.717, 1.165) is 46.3 Å². The predicted molar refractivity (Wildman–Crippen MR) is 191 cm³/mol. The first-order chi connectivity index (χ1) is 24.2. The van der Waals surface area contributed by atoms with Crippen LogP contribution in [0.2, 0.25) is 0 Å². The van der Waals surface area contributed by atoms with Gasteiger partial charge in [-0.1, -0.05) is 54.6 Å². The Bertz CT molecular complexity index is 1760. The van der Waals surface area contributed by atoms with Crippen molar-refractivity contribution in [2.75, 3.05) is 32.7 Å². The molecular weight excluding hydrogens is 630 g/mol. The maximum atomic E-state index is 13.9. The molecule has 7 rings (SSSR count). The molecule has 1 aliphatic heterocycles. The fourth-order valence-electron chi connectivity index (χ4n) is 7.70. The average molecular weight is 680 g/mol. The SMILES string of the molecule is CC(C)(c1cc2cnccc2o1)N1CCN(C[C@@H](O)C[C@@H](Cc2ccccc2)C(=O)N[C@H]2c3ccccc3C[C@H]2O)[C@H](C(=O)NCC2CC2)C1. The molecule has 4 aromatic rings. The number of furan rings is 1. The number of carbonyl (C=O) groups excluding carboxylic acids is 2. The van der Waals surface area contributed by atoms with Gasteiger partial charge in [0.15, 0.2) is 0 Å². The van der Waals surface area contributed by atoms with E-state index in [1.54, 1.807) is 12.4 Å². The van der Waals surface area contributed by atoms with Crippen molar-refractivity contribution in [2.45, 2.75) is 75.8 Å². The lowest BCUT2D eigenvalue weighted by Crippen LogP contribution is -2.63. The van der Waals surface area contributed by atoms with E-state index in [2.05, 4.69) is 39.3 Å². The minimum absolute atomic E-state index is 0.0362. The Morgan fingerprint density at radius 3 is 2.62 bits per heavy atom. The van der Waals surface area contributed by atoms with Gasteiger partial charge in [0.25, 0.3) is 0 Å². The molecule has 3 heterocycles. The molecule has 0 radical (unpaired) electrons. The van der Waals surface area contributed by atoms with E-state index in [0.29, 0.717) is 44.9 Å². The largest absolute Gasteiger partial charge is 0.459 e. The molecule has 2 aromatic heterocycles. The van der Waals surface area contributed by atoms with Gasteiger partial charge < -0.3 is 25.3 Å². The molecule has 3 aliphatic rings. The van der Waals surface area contributed by atoms with E-state index < -0.39 is 35.7 Å². The molecule has 10 heteroatoms. The van der Waals surface area contributed by atoms with Gasteiger partial charge in [0.05, 0.1) is 23.8 Å². The number of hydrogen-bond acceptors (Lipinski definition) is 8. The number of fused-ring (bicyclic) bond motifs is 2. The van der Waals surface area contributed by atoms with Gasteiger partial charge in [-0.2, -0.15) is 0 Å². The van der Waals surface area contributed by atoms with E-state index >= 15 is 0 Å². The lowest BCUT2D eigenvalue weighted by molar-refractivity contribution is -0.132. The van der Waals surface area contributed by atoms with Crippen LogP contribution in [0.25, 0.3) is 11.0 Å². The molecule has 2 aromatic carbocycles. The van der Waals surface area contributed by atoms with Crippen molar-refractivity contribution in [2.24, 2.45) is 11.8 Å². The number of rotatable bonds is 13. The van der Waals surface area contributed by atoms with Crippen LogP contribution in [0.3, 0.4) is 0 Å². The van der Waals surface area contributed by atoms with Gasteiger partial charge in [-0.15, -0.1) is 0 Å². The number of carbonyl (C=O) groups is 2. The molecule has 50 heavy (non-hydrogen) atoms. The van der Waals surface area contributed by atoms with Crippen LogP contribution in [0.1, 0.15) is 61.6 Å². The number of hydrogen-bond donors (Lipinski definition) is 4. The highest BCUT2D eigenvalue weighted by Gasteiger charge is 2.42. The quantitative estimate of drug-likeness (QED) is 0.167.